The van der Waals surface area contributed by atoms with Crippen LogP contribution in [-0.4, -0.2) is 26.2 Å². The molecule has 0 spiro atoms. The molecule has 1 aliphatic rings. The Labute approximate surface area is 107 Å². The molecule has 1 unspecified atom stereocenters. The molecule has 0 aromatic heterocycles. The second kappa shape index (κ2) is 5.26. The third-order valence-corrected chi connectivity index (χ3v) is 3.39. The van der Waals surface area contributed by atoms with Crippen molar-refractivity contribution in [1.29, 1.82) is 0 Å². The Balaban J connectivity index is 2.24. The summed E-state index contributed by atoms with van der Waals surface area (Å²) in [6, 6.07) is 5.64. The van der Waals surface area contributed by atoms with Gasteiger partial charge >= 0.3 is 0 Å². The lowest BCUT2D eigenvalue weighted by Crippen LogP contribution is -2.29. The Kier molecular flexibility index (Phi) is 3.95. The molecule has 1 saturated heterocycles. The lowest BCUT2D eigenvalue weighted by atomic mass is 10.1. The zero-order valence-corrected chi connectivity index (χ0v) is 10.9. The molecule has 88 valence electrons. The fourth-order valence-corrected chi connectivity index (χ4v) is 2.44. The molecule has 0 bridgehead atoms. The van der Waals surface area contributed by atoms with Gasteiger partial charge in [-0.05, 0) is 30.7 Å². The highest BCUT2D eigenvalue weighted by Gasteiger charge is 2.16. The van der Waals surface area contributed by atoms with Gasteiger partial charge in [-0.25, -0.2) is 0 Å². The van der Waals surface area contributed by atoms with Gasteiger partial charge in [0.25, 0.3) is 0 Å². The Morgan fingerprint density at radius 1 is 1.38 bits per heavy atom. The summed E-state index contributed by atoms with van der Waals surface area (Å²) >= 11 is 12.2. The summed E-state index contributed by atoms with van der Waals surface area (Å²) in [4.78, 5) is 2.30. The van der Waals surface area contributed by atoms with E-state index in [-0.39, 0.29) is 0 Å². The first-order valence-corrected chi connectivity index (χ1v) is 6.33. The highest BCUT2D eigenvalue weighted by atomic mass is 35.5. The number of nitrogens with zero attached hydrogens (tertiary/aromatic N) is 1. The minimum atomic E-state index is 0.623. The molecule has 1 heterocycles. The molecule has 1 aliphatic heterocycles. The predicted molar refractivity (Wildman–Crippen MR) is 70.7 cm³/mol. The third kappa shape index (κ3) is 2.82. The summed E-state index contributed by atoms with van der Waals surface area (Å²) in [5.74, 6) is 0.623. The second-order valence-electron chi connectivity index (χ2n) is 4.35. The Hall–Kier alpha value is -0.440. The normalized spacial score (nSPS) is 21.9. The molecule has 0 saturated carbocycles. The van der Waals surface area contributed by atoms with E-state index < -0.39 is 0 Å². The average molecular weight is 259 g/mol. The van der Waals surface area contributed by atoms with Crippen LogP contribution in [0, 0.1) is 5.92 Å². The van der Waals surface area contributed by atoms with E-state index >= 15 is 0 Å². The molecule has 1 N–H and O–H groups in total. The van der Waals surface area contributed by atoms with Crippen molar-refractivity contribution in [2.45, 2.75) is 6.92 Å². The van der Waals surface area contributed by atoms with E-state index in [0.717, 1.165) is 41.9 Å². The number of nitrogens with one attached hydrogen (secondary N) is 1. The minimum absolute atomic E-state index is 0.623. The van der Waals surface area contributed by atoms with Crippen LogP contribution in [0.25, 0.3) is 0 Å². The van der Waals surface area contributed by atoms with Gasteiger partial charge < -0.3 is 10.2 Å². The third-order valence-electron chi connectivity index (χ3n) is 2.83. The quantitative estimate of drug-likeness (QED) is 0.833. The zero-order chi connectivity index (χ0) is 11.5. The van der Waals surface area contributed by atoms with Crippen molar-refractivity contribution >= 4 is 28.9 Å². The van der Waals surface area contributed by atoms with Gasteiger partial charge in [0, 0.05) is 24.7 Å². The van der Waals surface area contributed by atoms with Crippen LogP contribution in [0.15, 0.2) is 18.2 Å². The minimum Gasteiger partial charge on any atom is -0.369 e. The highest BCUT2D eigenvalue weighted by molar-refractivity contribution is 6.35. The van der Waals surface area contributed by atoms with Crippen LogP contribution in [0.5, 0.6) is 0 Å². The maximum absolute atomic E-state index is 6.21. The Morgan fingerprint density at radius 2 is 2.19 bits per heavy atom. The maximum atomic E-state index is 6.21. The summed E-state index contributed by atoms with van der Waals surface area (Å²) in [5, 5.41) is 4.93. The largest absolute Gasteiger partial charge is 0.369 e. The number of benzene rings is 1. The molecule has 1 fully saturated rings. The summed E-state index contributed by atoms with van der Waals surface area (Å²) < 4.78 is 0. The fourth-order valence-electron chi connectivity index (χ4n) is 2.04. The number of anilines is 1. The SMILES string of the molecule is CC1CNCCN(c2cc(Cl)ccc2Cl)C1. The summed E-state index contributed by atoms with van der Waals surface area (Å²) in [7, 11) is 0. The Morgan fingerprint density at radius 3 is 3.00 bits per heavy atom. The smallest absolute Gasteiger partial charge is 0.0640 e. The molecule has 0 amide bonds. The van der Waals surface area contributed by atoms with E-state index in [1.807, 2.05) is 18.2 Å². The second-order valence-corrected chi connectivity index (χ2v) is 5.19. The molecule has 2 nitrogen and oxygen atoms in total. The van der Waals surface area contributed by atoms with Crippen molar-refractivity contribution in [3.63, 3.8) is 0 Å². The zero-order valence-electron chi connectivity index (χ0n) is 9.34. The first kappa shape index (κ1) is 12.0. The van der Waals surface area contributed by atoms with Gasteiger partial charge in [0.1, 0.15) is 0 Å². The van der Waals surface area contributed by atoms with Crippen LogP contribution in [0.1, 0.15) is 6.92 Å². The molecular formula is C12H16Cl2N2. The van der Waals surface area contributed by atoms with Crippen molar-refractivity contribution in [2.24, 2.45) is 5.92 Å². The lowest BCUT2D eigenvalue weighted by Gasteiger charge is -2.25. The molecule has 1 aromatic rings. The number of hydrogen-bond acceptors (Lipinski definition) is 2. The maximum Gasteiger partial charge on any atom is 0.0640 e. The van der Waals surface area contributed by atoms with Crippen molar-refractivity contribution in [3.8, 4) is 0 Å². The average Bonchev–Trinajstić information content (AvgIpc) is 2.46. The van der Waals surface area contributed by atoms with Crippen LogP contribution in [0.4, 0.5) is 5.69 Å². The van der Waals surface area contributed by atoms with E-state index in [9.17, 15) is 0 Å². The van der Waals surface area contributed by atoms with Crippen LogP contribution in [0.3, 0.4) is 0 Å². The number of halogens is 2. The fraction of sp³-hybridized carbons (Fsp3) is 0.500. The van der Waals surface area contributed by atoms with Crippen LogP contribution >= 0.6 is 23.2 Å². The monoisotopic (exact) mass is 258 g/mol. The van der Waals surface area contributed by atoms with Crippen molar-refractivity contribution in [2.75, 3.05) is 31.1 Å². The highest BCUT2D eigenvalue weighted by Crippen LogP contribution is 2.29. The van der Waals surface area contributed by atoms with Crippen molar-refractivity contribution in [3.05, 3.63) is 28.2 Å². The molecule has 0 radical (unpaired) electrons. The van der Waals surface area contributed by atoms with Gasteiger partial charge in [-0.1, -0.05) is 30.1 Å². The summed E-state index contributed by atoms with van der Waals surface area (Å²) in [6.07, 6.45) is 0. The lowest BCUT2D eigenvalue weighted by molar-refractivity contribution is 0.564. The van der Waals surface area contributed by atoms with E-state index in [1.54, 1.807) is 0 Å². The van der Waals surface area contributed by atoms with Gasteiger partial charge in [0.05, 0.1) is 10.7 Å². The summed E-state index contributed by atoms with van der Waals surface area (Å²) in [5.41, 5.74) is 1.05. The molecule has 0 aliphatic carbocycles. The Bertz CT molecular complexity index is 368. The number of rotatable bonds is 1. The van der Waals surface area contributed by atoms with E-state index in [0.29, 0.717) is 5.92 Å². The van der Waals surface area contributed by atoms with E-state index in [2.05, 4.69) is 17.1 Å². The van der Waals surface area contributed by atoms with E-state index in [4.69, 9.17) is 23.2 Å². The standard InChI is InChI=1S/C12H16Cl2N2/c1-9-7-15-4-5-16(8-9)12-6-10(13)2-3-11(12)14/h2-3,6,9,15H,4-5,7-8H2,1H3. The first-order chi connectivity index (χ1) is 7.66. The topological polar surface area (TPSA) is 15.3 Å². The predicted octanol–water partition coefficient (Wildman–Crippen LogP) is 3.04. The van der Waals surface area contributed by atoms with Gasteiger partial charge in [0.2, 0.25) is 0 Å². The molecule has 1 atom stereocenters. The van der Waals surface area contributed by atoms with Crippen LogP contribution in [-0.2, 0) is 0 Å². The van der Waals surface area contributed by atoms with Crippen LogP contribution < -0.4 is 10.2 Å². The van der Waals surface area contributed by atoms with Crippen molar-refractivity contribution in [1.82, 2.24) is 5.32 Å². The van der Waals surface area contributed by atoms with Crippen molar-refractivity contribution < 1.29 is 0 Å². The van der Waals surface area contributed by atoms with E-state index in [1.165, 1.54) is 0 Å². The van der Waals surface area contributed by atoms with Gasteiger partial charge in [-0.2, -0.15) is 0 Å². The van der Waals surface area contributed by atoms with Gasteiger partial charge in [-0.15, -0.1) is 0 Å². The number of hydrogen-bond donors (Lipinski definition) is 1. The van der Waals surface area contributed by atoms with Gasteiger partial charge in [0.15, 0.2) is 0 Å². The molecule has 2 rings (SSSR count). The first-order valence-electron chi connectivity index (χ1n) is 5.57. The van der Waals surface area contributed by atoms with Crippen LogP contribution in [0.2, 0.25) is 10.0 Å². The molecule has 4 heteroatoms. The van der Waals surface area contributed by atoms with Gasteiger partial charge in [-0.3, -0.25) is 0 Å². The summed E-state index contributed by atoms with van der Waals surface area (Å²) in [6.45, 7) is 6.29. The molecular weight excluding hydrogens is 243 g/mol. The molecule has 16 heavy (non-hydrogen) atoms. The molecule has 1 aromatic carbocycles.